The molecule has 0 unspecified atom stereocenters. The molecule has 0 aliphatic carbocycles. The summed E-state index contributed by atoms with van der Waals surface area (Å²) in [5.74, 6) is 0.326. The first-order valence-corrected chi connectivity index (χ1v) is 10.2. The van der Waals surface area contributed by atoms with E-state index in [1.165, 1.54) is 29.8 Å². The van der Waals surface area contributed by atoms with Crippen molar-refractivity contribution >= 4 is 38.7 Å². The largest absolute Gasteiger partial charge is 0.504 e. The van der Waals surface area contributed by atoms with Gasteiger partial charge in [0.25, 0.3) is 0 Å². The van der Waals surface area contributed by atoms with Crippen LogP contribution in [0.15, 0.2) is 52.3 Å². The molecular weight excluding hydrogens is 399 g/mol. The molecule has 0 saturated carbocycles. The van der Waals surface area contributed by atoms with Gasteiger partial charge >= 0.3 is 0 Å². The Morgan fingerprint density at radius 1 is 1.25 bits per heavy atom. The van der Waals surface area contributed by atoms with E-state index in [-0.39, 0.29) is 5.75 Å². The first-order valence-electron chi connectivity index (χ1n) is 8.46. The lowest BCUT2D eigenvalue weighted by Gasteiger charge is -2.09. The normalized spacial score (nSPS) is 11.5. The van der Waals surface area contributed by atoms with Gasteiger partial charge in [-0.2, -0.15) is 5.11 Å². The predicted octanol–water partition coefficient (Wildman–Crippen LogP) is 5.95. The summed E-state index contributed by atoms with van der Waals surface area (Å²) in [6.45, 7) is 2.65. The van der Waals surface area contributed by atoms with Crippen LogP contribution in [-0.4, -0.2) is 21.7 Å². The fraction of sp³-hybridized carbons (Fsp3) is 0.158. The predicted molar refractivity (Wildman–Crippen MR) is 108 cm³/mol. The standard InChI is InChI=1S/C19H15FN4O2S2/c1-2-26-14-8-11(20)5-6-13(14)17-16(25)15-18(28-17)19(22-10-21-15)24-23-9-12-4-3-7-27-12/h3-8,10,25H,2,9H2,1H3. The number of hydrogen-bond donors (Lipinski definition) is 1. The number of halogens is 1. The van der Waals surface area contributed by atoms with Crippen LogP contribution in [0.5, 0.6) is 11.5 Å². The summed E-state index contributed by atoms with van der Waals surface area (Å²) in [6, 6.07) is 8.15. The van der Waals surface area contributed by atoms with Crippen molar-refractivity contribution in [3.05, 3.63) is 52.7 Å². The van der Waals surface area contributed by atoms with Crippen molar-refractivity contribution in [2.75, 3.05) is 6.61 Å². The number of azo groups is 1. The lowest BCUT2D eigenvalue weighted by atomic mass is 10.1. The van der Waals surface area contributed by atoms with E-state index in [0.29, 0.717) is 45.4 Å². The summed E-state index contributed by atoms with van der Waals surface area (Å²) < 4.78 is 19.8. The average molecular weight is 414 g/mol. The Labute approximate surface area is 168 Å². The Bertz CT molecular complexity index is 1140. The Morgan fingerprint density at radius 2 is 2.14 bits per heavy atom. The Kier molecular flexibility index (Phi) is 5.27. The molecule has 28 heavy (non-hydrogen) atoms. The maximum Gasteiger partial charge on any atom is 0.195 e. The second-order valence-corrected chi connectivity index (χ2v) is 7.76. The van der Waals surface area contributed by atoms with Crippen molar-refractivity contribution in [1.82, 2.24) is 9.97 Å². The van der Waals surface area contributed by atoms with Crippen LogP contribution in [0.1, 0.15) is 11.8 Å². The van der Waals surface area contributed by atoms with Gasteiger partial charge in [0.1, 0.15) is 28.1 Å². The molecule has 0 amide bonds. The van der Waals surface area contributed by atoms with Gasteiger partial charge in [0.05, 0.1) is 18.0 Å². The van der Waals surface area contributed by atoms with Gasteiger partial charge in [-0.25, -0.2) is 14.4 Å². The van der Waals surface area contributed by atoms with E-state index >= 15 is 0 Å². The van der Waals surface area contributed by atoms with E-state index in [4.69, 9.17) is 4.74 Å². The fourth-order valence-electron chi connectivity index (χ4n) is 2.67. The molecule has 0 aliphatic rings. The highest BCUT2D eigenvalue weighted by atomic mass is 32.1. The summed E-state index contributed by atoms with van der Waals surface area (Å²) in [5, 5.41) is 21.1. The van der Waals surface area contributed by atoms with E-state index in [0.717, 1.165) is 4.88 Å². The number of ether oxygens (including phenoxy) is 1. The number of thiophene rings is 2. The molecule has 0 saturated heterocycles. The van der Waals surface area contributed by atoms with Gasteiger partial charge < -0.3 is 9.84 Å². The summed E-state index contributed by atoms with van der Waals surface area (Å²) >= 11 is 2.87. The van der Waals surface area contributed by atoms with Gasteiger partial charge in [-0.15, -0.1) is 27.8 Å². The Hall–Kier alpha value is -2.91. The van der Waals surface area contributed by atoms with Crippen LogP contribution in [0.3, 0.4) is 0 Å². The first kappa shape index (κ1) is 18.5. The van der Waals surface area contributed by atoms with Crippen LogP contribution in [0.4, 0.5) is 10.2 Å². The number of nitrogens with zero attached hydrogens (tertiary/aromatic N) is 4. The van der Waals surface area contributed by atoms with Crippen LogP contribution in [-0.2, 0) is 6.54 Å². The summed E-state index contributed by atoms with van der Waals surface area (Å²) in [7, 11) is 0. The van der Waals surface area contributed by atoms with Gasteiger partial charge in [0.15, 0.2) is 11.6 Å². The van der Waals surface area contributed by atoms with E-state index in [1.807, 2.05) is 24.4 Å². The maximum absolute atomic E-state index is 13.6. The van der Waals surface area contributed by atoms with Crippen LogP contribution >= 0.6 is 22.7 Å². The van der Waals surface area contributed by atoms with Crippen molar-refractivity contribution < 1.29 is 14.2 Å². The summed E-state index contributed by atoms with van der Waals surface area (Å²) in [4.78, 5) is 9.98. The average Bonchev–Trinajstić information content (AvgIpc) is 3.31. The summed E-state index contributed by atoms with van der Waals surface area (Å²) in [6.07, 6.45) is 1.34. The lowest BCUT2D eigenvalue weighted by molar-refractivity contribution is 0.339. The highest BCUT2D eigenvalue weighted by Gasteiger charge is 2.20. The van der Waals surface area contributed by atoms with Crippen molar-refractivity contribution in [2.45, 2.75) is 13.5 Å². The zero-order chi connectivity index (χ0) is 19.5. The molecule has 9 heteroatoms. The van der Waals surface area contributed by atoms with Gasteiger partial charge in [-0.1, -0.05) is 6.07 Å². The highest BCUT2D eigenvalue weighted by molar-refractivity contribution is 7.23. The van der Waals surface area contributed by atoms with Gasteiger partial charge in [-0.05, 0) is 30.5 Å². The van der Waals surface area contributed by atoms with Gasteiger partial charge in [-0.3, -0.25) is 0 Å². The third kappa shape index (κ3) is 3.58. The molecule has 0 radical (unpaired) electrons. The third-order valence-corrected chi connectivity index (χ3v) is 5.95. The molecule has 3 aromatic heterocycles. The topological polar surface area (TPSA) is 80.0 Å². The molecular formula is C19H15FN4O2S2. The second kappa shape index (κ2) is 7.99. The monoisotopic (exact) mass is 414 g/mol. The molecule has 0 aliphatic heterocycles. The number of fused-ring (bicyclic) bond motifs is 1. The van der Waals surface area contributed by atoms with Gasteiger partial charge in [0.2, 0.25) is 0 Å². The van der Waals surface area contributed by atoms with Crippen LogP contribution in [0.25, 0.3) is 20.7 Å². The Balaban J connectivity index is 1.76. The van der Waals surface area contributed by atoms with Crippen molar-refractivity contribution in [1.29, 1.82) is 0 Å². The molecule has 1 N–H and O–H groups in total. The molecule has 142 valence electrons. The molecule has 0 atom stereocenters. The molecule has 6 nitrogen and oxygen atoms in total. The molecule has 4 rings (SSSR count). The zero-order valence-electron chi connectivity index (χ0n) is 14.8. The molecule has 3 heterocycles. The molecule has 0 spiro atoms. The van der Waals surface area contributed by atoms with Crippen LogP contribution in [0.2, 0.25) is 0 Å². The number of benzene rings is 1. The van der Waals surface area contributed by atoms with E-state index in [2.05, 4.69) is 20.2 Å². The van der Waals surface area contributed by atoms with Crippen molar-refractivity contribution in [3.8, 4) is 21.9 Å². The minimum Gasteiger partial charge on any atom is -0.504 e. The SMILES string of the molecule is CCOc1cc(F)ccc1-c1sc2c(N=NCc3cccs3)ncnc2c1O. The molecule has 4 aromatic rings. The fourth-order valence-corrected chi connectivity index (χ4v) is 4.40. The van der Waals surface area contributed by atoms with E-state index < -0.39 is 5.82 Å². The zero-order valence-corrected chi connectivity index (χ0v) is 16.4. The van der Waals surface area contributed by atoms with Gasteiger partial charge in [0, 0.05) is 16.5 Å². The number of aromatic nitrogens is 2. The number of rotatable bonds is 6. The smallest absolute Gasteiger partial charge is 0.195 e. The second-order valence-electron chi connectivity index (χ2n) is 5.71. The Morgan fingerprint density at radius 3 is 2.93 bits per heavy atom. The lowest BCUT2D eigenvalue weighted by Crippen LogP contribution is -1.94. The molecule has 1 aromatic carbocycles. The minimum atomic E-state index is -0.407. The van der Waals surface area contributed by atoms with Crippen LogP contribution in [0, 0.1) is 5.82 Å². The maximum atomic E-state index is 13.6. The number of hydrogen-bond acceptors (Lipinski definition) is 8. The van der Waals surface area contributed by atoms with E-state index in [9.17, 15) is 9.50 Å². The minimum absolute atomic E-state index is 0.00957. The molecule has 0 fully saturated rings. The molecule has 0 bridgehead atoms. The summed E-state index contributed by atoms with van der Waals surface area (Å²) in [5.41, 5.74) is 0.970. The van der Waals surface area contributed by atoms with Crippen LogP contribution < -0.4 is 4.74 Å². The van der Waals surface area contributed by atoms with Crippen molar-refractivity contribution in [2.24, 2.45) is 10.2 Å². The highest BCUT2D eigenvalue weighted by Crippen LogP contribution is 2.48. The number of aromatic hydroxyl groups is 1. The van der Waals surface area contributed by atoms with E-state index in [1.54, 1.807) is 17.4 Å². The van der Waals surface area contributed by atoms with Crippen molar-refractivity contribution in [3.63, 3.8) is 0 Å². The third-order valence-electron chi connectivity index (χ3n) is 3.89. The quantitative estimate of drug-likeness (QED) is 0.396. The first-order chi connectivity index (χ1) is 13.7.